The first-order valence-corrected chi connectivity index (χ1v) is 11.0. The number of likely N-dealkylation sites (N-methyl/N-ethyl adjacent to an activating group) is 1. The molecule has 1 aliphatic rings. The molecular weight excluding hydrogens is 435 g/mol. The zero-order valence-electron chi connectivity index (χ0n) is 19.6. The Bertz CT molecular complexity index is 1060. The Morgan fingerprint density at radius 2 is 1.79 bits per heavy atom. The van der Waals surface area contributed by atoms with Gasteiger partial charge in [0.05, 0.1) is 11.3 Å². The highest BCUT2D eigenvalue weighted by Gasteiger charge is 2.35. The highest BCUT2D eigenvalue weighted by Crippen LogP contribution is 2.30. The number of fused-ring (bicyclic) bond motifs is 1. The second-order valence-electron chi connectivity index (χ2n) is 9.24. The fraction of sp³-hybridized carbons (Fsp3) is 0.522. The number of aromatic nitrogens is 2. The largest absolute Gasteiger partial charge is 0.357 e. The van der Waals surface area contributed by atoms with Crippen LogP contribution in [0.5, 0.6) is 0 Å². The summed E-state index contributed by atoms with van der Waals surface area (Å²) >= 11 is 0. The summed E-state index contributed by atoms with van der Waals surface area (Å²) in [6, 6.07) is 0.388. The molecular formula is C23H30F3N5O2. The molecule has 2 amide bonds. The lowest BCUT2D eigenvalue weighted by Crippen LogP contribution is -2.53. The Kier molecular flexibility index (Phi) is 7.16. The van der Waals surface area contributed by atoms with Crippen LogP contribution in [-0.4, -0.2) is 52.4 Å². The van der Waals surface area contributed by atoms with E-state index in [1.807, 2.05) is 27.7 Å². The summed E-state index contributed by atoms with van der Waals surface area (Å²) in [6.45, 7) is 9.73. The lowest BCUT2D eigenvalue weighted by atomic mass is 9.86. The van der Waals surface area contributed by atoms with Gasteiger partial charge in [-0.25, -0.2) is 18.2 Å². The highest BCUT2D eigenvalue weighted by atomic mass is 19.2. The fourth-order valence-electron chi connectivity index (χ4n) is 4.00. The smallest absolute Gasteiger partial charge is 0.272 e. The molecule has 7 nitrogen and oxygen atoms in total. The van der Waals surface area contributed by atoms with Crippen LogP contribution in [0.15, 0.2) is 12.1 Å². The van der Waals surface area contributed by atoms with Crippen molar-refractivity contribution in [2.75, 3.05) is 20.1 Å². The van der Waals surface area contributed by atoms with Gasteiger partial charge in [0, 0.05) is 32.7 Å². The molecule has 10 heteroatoms. The molecule has 0 aliphatic carbocycles. The summed E-state index contributed by atoms with van der Waals surface area (Å²) in [4.78, 5) is 32.3. The normalized spacial score (nSPS) is 15.5. The van der Waals surface area contributed by atoms with Crippen molar-refractivity contribution in [2.45, 2.75) is 53.2 Å². The van der Waals surface area contributed by atoms with Crippen molar-refractivity contribution in [1.29, 1.82) is 0 Å². The van der Waals surface area contributed by atoms with Crippen LogP contribution in [0.1, 0.15) is 50.3 Å². The maximum absolute atomic E-state index is 14.6. The molecule has 1 atom stereocenters. The number of halogens is 3. The number of amides is 2. The molecule has 2 N–H and O–H groups in total. The number of hydrogen-bond donors (Lipinski definition) is 2. The monoisotopic (exact) mass is 465 g/mol. The van der Waals surface area contributed by atoms with Gasteiger partial charge in [0.15, 0.2) is 17.3 Å². The molecule has 33 heavy (non-hydrogen) atoms. The third kappa shape index (κ3) is 5.05. The molecule has 1 aliphatic heterocycles. The number of carbonyl (C=O) groups is 2. The molecule has 2 aromatic rings. The van der Waals surface area contributed by atoms with E-state index < -0.39 is 34.8 Å². The second-order valence-corrected chi connectivity index (χ2v) is 9.24. The Hall–Kier alpha value is -2.88. The predicted molar refractivity (Wildman–Crippen MR) is 118 cm³/mol. The molecule has 0 saturated carbocycles. The van der Waals surface area contributed by atoms with Gasteiger partial charge < -0.3 is 15.2 Å². The first kappa shape index (κ1) is 24.8. The molecule has 0 radical (unpaired) electrons. The van der Waals surface area contributed by atoms with E-state index in [0.717, 1.165) is 19.2 Å². The molecule has 1 aromatic heterocycles. The summed E-state index contributed by atoms with van der Waals surface area (Å²) < 4.78 is 43.8. The molecule has 0 fully saturated rings. The minimum absolute atomic E-state index is 0.0348. The average molecular weight is 466 g/mol. The standard InChI is InChI=1S/C23H30F3N5O2/c1-6-30-8-7-9-31-17(12-30)18(21(32)29-19(22(33)27-5)23(2,3)4)28-20(31)13-10-15(25)16(26)11-14(13)24/h10-11,19H,6-9,12H2,1-5H3,(H,27,33)(H,29,32)/t19-/m1/s1. The predicted octanol–water partition coefficient (Wildman–Crippen LogP) is 3.08. The van der Waals surface area contributed by atoms with E-state index in [0.29, 0.717) is 31.3 Å². The SMILES string of the molecule is CCN1CCCn2c(-c3cc(F)c(F)cc3F)nc(C(=O)N[C@H](C(=O)NC)C(C)(C)C)c2C1. The van der Waals surface area contributed by atoms with E-state index >= 15 is 0 Å². The molecule has 0 unspecified atom stereocenters. The molecule has 0 bridgehead atoms. The summed E-state index contributed by atoms with van der Waals surface area (Å²) in [5.41, 5.74) is -0.238. The highest BCUT2D eigenvalue weighted by molar-refractivity contribution is 5.97. The van der Waals surface area contributed by atoms with Crippen LogP contribution in [0, 0.1) is 22.9 Å². The van der Waals surface area contributed by atoms with E-state index in [-0.39, 0.29) is 23.0 Å². The first-order valence-electron chi connectivity index (χ1n) is 11.0. The van der Waals surface area contributed by atoms with Crippen LogP contribution in [-0.2, 0) is 17.9 Å². The lowest BCUT2D eigenvalue weighted by Gasteiger charge is -2.29. The van der Waals surface area contributed by atoms with Crippen molar-refractivity contribution in [3.05, 3.63) is 41.0 Å². The number of hydrogen-bond acceptors (Lipinski definition) is 4. The van der Waals surface area contributed by atoms with Crippen molar-refractivity contribution >= 4 is 11.8 Å². The summed E-state index contributed by atoms with van der Waals surface area (Å²) in [7, 11) is 1.49. The van der Waals surface area contributed by atoms with Crippen LogP contribution in [0.3, 0.4) is 0 Å². The minimum atomic E-state index is -1.30. The van der Waals surface area contributed by atoms with Crippen molar-refractivity contribution in [2.24, 2.45) is 5.41 Å². The van der Waals surface area contributed by atoms with Crippen LogP contribution in [0.4, 0.5) is 13.2 Å². The van der Waals surface area contributed by atoms with Crippen LogP contribution in [0.25, 0.3) is 11.4 Å². The fourth-order valence-corrected chi connectivity index (χ4v) is 4.00. The topological polar surface area (TPSA) is 79.3 Å². The molecule has 180 valence electrons. The van der Waals surface area contributed by atoms with Gasteiger partial charge in [0.25, 0.3) is 5.91 Å². The van der Waals surface area contributed by atoms with Crippen molar-refractivity contribution in [3.63, 3.8) is 0 Å². The Morgan fingerprint density at radius 3 is 2.39 bits per heavy atom. The van der Waals surface area contributed by atoms with Gasteiger partial charge in [-0.15, -0.1) is 0 Å². The van der Waals surface area contributed by atoms with Crippen LogP contribution in [0.2, 0.25) is 0 Å². The number of nitrogens with one attached hydrogen (secondary N) is 2. The van der Waals surface area contributed by atoms with E-state index in [2.05, 4.69) is 20.5 Å². The van der Waals surface area contributed by atoms with Gasteiger partial charge in [0.1, 0.15) is 17.7 Å². The van der Waals surface area contributed by atoms with Crippen molar-refractivity contribution < 1.29 is 22.8 Å². The van der Waals surface area contributed by atoms with E-state index in [9.17, 15) is 22.8 Å². The van der Waals surface area contributed by atoms with Crippen molar-refractivity contribution in [3.8, 4) is 11.4 Å². The molecule has 3 rings (SSSR count). The summed E-state index contributed by atoms with van der Waals surface area (Å²) in [5, 5.41) is 5.31. The molecule has 0 spiro atoms. The summed E-state index contributed by atoms with van der Waals surface area (Å²) in [5.74, 6) is -4.36. The van der Waals surface area contributed by atoms with Gasteiger partial charge in [-0.3, -0.25) is 14.5 Å². The van der Waals surface area contributed by atoms with Gasteiger partial charge in [-0.2, -0.15) is 0 Å². The zero-order valence-corrected chi connectivity index (χ0v) is 19.6. The Morgan fingerprint density at radius 1 is 1.12 bits per heavy atom. The summed E-state index contributed by atoms with van der Waals surface area (Å²) in [6.07, 6.45) is 0.708. The van der Waals surface area contributed by atoms with Gasteiger partial charge in [0.2, 0.25) is 5.91 Å². The number of benzene rings is 1. The Labute approximate surface area is 191 Å². The van der Waals surface area contributed by atoms with Gasteiger partial charge in [-0.1, -0.05) is 27.7 Å². The number of carbonyl (C=O) groups excluding carboxylic acids is 2. The van der Waals surface area contributed by atoms with E-state index in [4.69, 9.17) is 0 Å². The van der Waals surface area contributed by atoms with Crippen molar-refractivity contribution in [1.82, 2.24) is 25.1 Å². The van der Waals surface area contributed by atoms with Gasteiger partial charge >= 0.3 is 0 Å². The maximum Gasteiger partial charge on any atom is 0.272 e. The third-order valence-corrected chi connectivity index (χ3v) is 5.87. The maximum atomic E-state index is 14.6. The van der Waals surface area contributed by atoms with Gasteiger partial charge in [-0.05, 0) is 24.4 Å². The third-order valence-electron chi connectivity index (χ3n) is 5.87. The Balaban J connectivity index is 2.13. The number of nitrogens with zero attached hydrogens (tertiary/aromatic N) is 3. The van der Waals surface area contributed by atoms with E-state index in [1.165, 1.54) is 7.05 Å². The average Bonchev–Trinajstić information content (AvgIpc) is 2.96. The lowest BCUT2D eigenvalue weighted by molar-refractivity contribution is -0.124. The van der Waals surface area contributed by atoms with E-state index in [1.54, 1.807) is 4.57 Å². The van der Waals surface area contributed by atoms with Crippen LogP contribution < -0.4 is 10.6 Å². The zero-order chi connectivity index (χ0) is 24.5. The number of imidazole rings is 1. The quantitative estimate of drug-likeness (QED) is 0.666. The molecule has 1 aromatic carbocycles. The minimum Gasteiger partial charge on any atom is -0.357 e. The number of rotatable bonds is 5. The first-order chi connectivity index (χ1) is 15.5. The molecule has 2 heterocycles. The second kappa shape index (κ2) is 9.54. The van der Waals surface area contributed by atoms with Crippen LogP contribution >= 0.6 is 0 Å². The molecule has 0 saturated heterocycles.